The Bertz CT molecular complexity index is 766. The van der Waals surface area contributed by atoms with Crippen LogP contribution in [0.2, 0.25) is 0 Å². The molecule has 0 amide bonds. The maximum atomic E-state index is 12.0. The van der Waals surface area contributed by atoms with Crippen molar-refractivity contribution in [3.63, 3.8) is 0 Å². The molecule has 90 valence electrons. The lowest BCUT2D eigenvalue weighted by molar-refractivity contribution is 0.681. The second-order valence-electron chi connectivity index (χ2n) is 4.41. The molecule has 4 nitrogen and oxygen atoms in total. The van der Waals surface area contributed by atoms with Crippen molar-refractivity contribution in [2.75, 3.05) is 0 Å². The van der Waals surface area contributed by atoms with Gasteiger partial charge in [0.1, 0.15) is 0 Å². The van der Waals surface area contributed by atoms with E-state index in [1.165, 1.54) is 10.1 Å². The molecule has 3 rings (SSSR count). The van der Waals surface area contributed by atoms with Gasteiger partial charge in [0.15, 0.2) is 5.65 Å². The Balaban J connectivity index is 2.25. The van der Waals surface area contributed by atoms with E-state index in [2.05, 4.69) is 4.98 Å². The fourth-order valence-electron chi connectivity index (χ4n) is 2.03. The molecule has 1 aromatic carbocycles. The average Bonchev–Trinajstić information content (AvgIpc) is 2.72. The minimum atomic E-state index is -0.0666. The average molecular weight is 239 g/mol. The van der Waals surface area contributed by atoms with Crippen molar-refractivity contribution >= 4 is 5.65 Å². The maximum absolute atomic E-state index is 12.0. The molecule has 0 unspecified atom stereocenters. The zero-order valence-electron chi connectivity index (χ0n) is 10.3. The number of aromatic nitrogens is 3. The van der Waals surface area contributed by atoms with Crippen LogP contribution in [-0.2, 0) is 7.05 Å². The van der Waals surface area contributed by atoms with Crippen molar-refractivity contribution < 1.29 is 0 Å². The van der Waals surface area contributed by atoms with E-state index in [1.807, 2.05) is 50.5 Å². The van der Waals surface area contributed by atoms with Gasteiger partial charge in [0.05, 0.1) is 5.69 Å². The molecule has 0 N–H and O–H groups in total. The summed E-state index contributed by atoms with van der Waals surface area (Å²) >= 11 is 0. The molecule has 0 saturated carbocycles. The second kappa shape index (κ2) is 3.84. The van der Waals surface area contributed by atoms with E-state index in [-0.39, 0.29) is 5.56 Å². The Hall–Kier alpha value is -2.36. The lowest BCUT2D eigenvalue weighted by Gasteiger charge is -2.03. The van der Waals surface area contributed by atoms with Gasteiger partial charge in [-0.1, -0.05) is 29.8 Å². The standard InChI is InChI=1S/C14H13N3O/c1-10-3-5-11(6-4-10)12-9-14(18)17-13(15-12)7-8-16(17)2/h3-9H,1-2H3. The van der Waals surface area contributed by atoms with Crippen molar-refractivity contribution in [3.05, 3.63) is 58.5 Å². The molecule has 2 heterocycles. The zero-order valence-corrected chi connectivity index (χ0v) is 10.3. The van der Waals surface area contributed by atoms with Crippen molar-refractivity contribution in [2.45, 2.75) is 6.92 Å². The highest BCUT2D eigenvalue weighted by Crippen LogP contribution is 2.16. The molecule has 0 saturated heterocycles. The van der Waals surface area contributed by atoms with E-state index in [0.29, 0.717) is 11.3 Å². The second-order valence-corrected chi connectivity index (χ2v) is 4.41. The summed E-state index contributed by atoms with van der Waals surface area (Å²) < 4.78 is 3.27. The van der Waals surface area contributed by atoms with Crippen LogP contribution in [-0.4, -0.2) is 14.2 Å². The topological polar surface area (TPSA) is 39.3 Å². The van der Waals surface area contributed by atoms with Crippen LogP contribution in [0.25, 0.3) is 16.9 Å². The molecular weight excluding hydrogens is 226 g/mol. The molecule has 0 radical (unpaired) electrons. The van der Waals surface area contributed by atoms with Gasteiger partial charge in [0, 0.05) is 30.9 Å². The van der Waals surface area contributed by atoms with Gasteiger partial charge in [0.25, 0.3) is 5.56 Å². The third-order valence-electron chi connectivity index (χ3n) is 3.02. The minimum Gasteiger partial charge on any atom is -0.287 e. The minimum absolute atomic E-state index is 0.0666. The molecule has 0 fully saturated rings. The molecule has 0 aliphatic rings. The monoisotopic (exact) mass is 239 g/mol. The zero-order chi connectivity index (χ0) is 12.7. The van der Waals surface area contributed by atoms with Crippen molar-refractivity contribution in [1.29, 1.82) is 0 Å². The van der Waals surface area contributed by atoms with E-state index in [1.54, 1.807) is 10.7 Å². The third-order valence-corrected chi connectivity index (χ3v) is 3.02. The number of aryl methyl sites for hydroxylation is 2. The van der Waals surface area contributed by atoms with Crippen molar-refractivity contribution in [3.8, 4) is 11.3 Å². The predicted octanol–water partition coefficient (Wildman–Crippen LogP) is 2.01. The molecular formula is C14H13N3O. The Kier molecular flexibility index (Phi) is 2.30. The third kappa shape index (κ3) is 1.62. The number of hydrogen-bond donors (Lipinski definition) is 0. The lowest BCUT2D eigenvalue weighted by atomic mass is 10.1. The van der Waals surface area contributed by atoms with Gasteiger partial charge in [-0.25, -0.2) is 4.98 Å². The summed E-state index contributed by atoms with van der Waals surface area (Å²) in [5.74, 6) is 0. The van der Waals surface area contributed by atoms with Crippen molar-refractivity contribution in [2.24, 2.45) is 7.05 Å². The van der Waals surface area contributed by atoms with E-state index < -0.39 is 0 Å². The van der Waals surface area contributed by atoms with Crippen LogP contribution in [0.1, 0.15) is 5.56 Å². The molecule has 0 atom stereocenters. The molecule has 3 aromatic rings. The molecule has 0 aliphatic carbocycles. The van der Waals surface area contributed by atoms with Gasteiger partial charge in [0.2, 0.25) is 0 Å². The first-order chi connectivity index (χ1) is 8.65. The molecule has 0 bridgehead atoms. The van der Waals surface area contributed by atoms with Gasteiger partial charge in [-0.05, 0) is 6.92 Å². The Morgan fingerprint density at radius 3 is 2.56 bits per heavy atom. The van der Waals surface area contributed by atoms with Gasteiger partial charge in [-0.15, -0.1) is 0 Å². The van der Waals surface area contributed by atoms with E-state index >= 15 is 0 Å². The highest BCUT2D eigenvalue weighted by molar-refractivity contribution is 5.61. The summed E-state index contributed by atoms with van der Waals surface area (Å²) in [5, 5.41) is 0. The maximum Gasteiger partial charge on any atom is 0.273 e. The summed E-state index contributed by atoms with van der Waals surface area (Å²) in [6, 6.07) is 11.4. The number of benzene rings is 1. The fourth-order valence-corrected chi connectivity index (χ4v) is 2.03. The highest BCUT2D eigenvalue weighted by atomic mass is 16.1. The number of rotatable bonds is 1. The Morgan fingerprint density at radius 2 is 1.83 bits per heavy atom. The normalized spacial score (nSPS) is 11.0. The molecule has 0 aliphatic heterocycles. The van der Waals surface area contributed by atoms with Crippen molar-refractivity contribution in [1.82, 2.24) is 14.2 Å². The molecule has 18 heavy (non-hydrogen) atoms. The summed E-state index contributed by atoms with van der Waals surface area (Å²) in [4.78, 5) is 16.5. The Morgan fingerprint density at radius 1 is 1.11 bits per heavy atom. The fraction of sp³-hybridized carbons (Fsp3) is 0.143. The van der Waals surface area contributed by atoms with E-state index in [9.17, 15) is 4.79 Å². The smallest absolute Gasteiger partial charge is 0.273 e. The molecule has 0 spiro atoms. The summed E-state index contributed by atoms with van der Waals surface area (Å²) in [6.45, 7) is 2.03. The van der Waals surface area contributed by atoms with Crippen LogP contribution in [0.5, 0.6) is 0 Å². The predicted molar refractivity (Wildman–Crippen MR) is 70.6 cm³/mol. The number of nitrogens with zero attached hydrogens (tertiary/aromatic N) is 3. The van der Waals surface area contributed by atoms with Crippen LogP contribution < -0.4 is 5.56 Å². The summed E-state index contributed by atoms with van der Waals surface area (Å²) in [7, 11) is 1.82. The quantitative estimate of drug-likeness (QED) is 0.651. The summed E-state index contributed by atoms with van der Waals surface area (Å²) in [5.41, 5.74) is 3.47. The lowest BCUT2D eigenvalue weighted by Crippen LogP contribution is -2.18. The first-order valence-electron chi connectivity index (χ1n) is 5.77. The highest BCUT2D eigenvalue weighted by Gasteiger charge is 2.06. The van der Waals surface area contributed by atoms with Gasteiger partial charge >= 0.3 is 0 Å². The molecule has 4 heteroatoms. The van der Waals surface area contributed by atoms with E-state index in [0.717, 1.165) is 5.56 Å². The first kappa shape index (κ1) is 10.8. The molecule has 2 aromatic heterocycles. The number of hydrogen-bond acceptors (Lipinski definition) is 2. The van der Waals surface area contributed by atoms with Crippen LogP contribution in [0.15, 0.2) is 47.4 Å². The van der Waals surface area contributed by atoms with Gasteiger partial charge in [-0.2, -0.15) is 4.52 Å². The van der Waals surface area contributed by atoms with Crippen LogP contribution in [0.4, 0.5) is 0 Å². The largest absolute Gasteiger partial charge is 0.287 e. The summed E-state index contributed by atoms with van der Waals surface area (Å²) in [6.07, 6.45) is 1.82. The van der Waals surface area contributed by atoms with Gasteiger partial charge < -0.3 is 0 Å². The number of fused-ring (bicyclic) bond motifs is 1. The van der Waals surface area contributed by atoms with Crippen LogP contribution in [0.3, 0.4) is 0 Å². The first-order valence-corrected chi connectivity index (χ1v) is 5.77. The van der Waals surface area contributed by atoms with Crippen LogP contribution in [0, 0.1) is 6.92 Å². The van der Waals surface area contributed by atoms with E-state index in [4.69, 9.17) is 0 Å². The Labute approximate surface area is 104 Å². The van der Waals surface area contributed by atoms with Gasteiger partial charge in [-0.3, -0.25) is 9.48 Å². The SMILES string of the molecule is Cc1ccc(-c2cc(=O)n3c(ccn3C)n2)cc1. The van der Waals surface area contributed by atoms with Crippen LogP contribution >= 0.6 is 0 Å².